The normalized spacial score (nSPS) is 39.8. The molecule has 4 aliphatic carbocycles. The van der Waals surface area contributed by atoms with E-state index < -0.39 is 11.9 Å². The topological polar surface area (TPSA) is 71.4 Å². The van der Waals surface area contributed by atoms with Crippen molar-refractivity contribution in [3.63, 3.8) is 0 Å². The summed E-state index contributed by atoms with van der Waals surface area (Å²) in [4.78, 5) is 37.1. The fourth-order valence-electron chi connectivity index (χ4n) is 9.40. The summed E-state index contributed by atoms with van der Waals surface area (Å²) in [5, 5.41) is 9.30. The predicted molar refractivity (Wildman–Crippen MR) is 139 cm³/mol. The van der Waals surface area contributed by atoms with Crippen molar-refractivity contribution in [2.75, 3.05) is 0 Å². The molecule has 4 heteroatoms. The summed E-state index contributed by atoms with van der Waals surface area (Å²) in [6.07, 6.45) is 8.79. The van der Waals surface area contributed by atoms with Gasteiger partial charge in [0.2, 0.25) is 0 Å². The van der Waals surface area contributed by atoms with Gasteiger partial charge in [0.1, 0.15) is 5.78 Å². The number of aliphatic carboxylic acids is 1. The summed E-state index contributed by atoms with van der Waals surface area (Å²) < 4.78 is 0. The fraction of sp³-hybridized carbons (Fsp3) is 0.774. The maximum Gasteiger partial charge on any atom is 0.310 e. The molecule has 0 aromatic carbocycles. The number of allylic oxidation sites excluding steroid dienone is 2. The van der Waals surface area contributed by atoms with Crippen LogP contribution in [0.15, 0.2) is 23.3 Å². The molecule has 0 aromatic heterocycles. The van der Waals surface area contributed by atoms with Crippen LogP contribution in [0.3, 0.4) is 0 Å². The quantitative estimate of drug-likeness (QED) is 0.321. The number of carboxylic acid groups (broad SMARTS) is 1. The summed E-state index contributed by atoms with van der Waals surface area (Å²) in [5.41, 5.74) is 3.73. The first-order chi connectivity index (χ1) is 16.1. The zero-order valence-corrected chi connectivity index (χ0v) is 23.1. The molecule has 0 radical (unpaired) electrons. The number of hydrogen-bond acceptors (Lipinski definition) is 3. The van der Waals surface area contributed by atoms with Crippen molar-refractivity contribution in [3.05, 3.63) is 23.3 Å². The molecule has 4 nitrogen and oxygen atoms in total. The van der Waals surface area contributed by atoms with Crippen LogP contribution in [0.4, 0.5) is 0 Å². The van der Waals surface area contributed by atoms with Crippen LogP contribution in [0.1, 0.15) is 106 Å². The van der Waals surface area contributed by atoms with Crippen molar-refractivity contribution in [2.24, 2.45) is 45.3 Å². The maximum absolute atomic E-state index is 12.9. The van der Waals surface area contributed by atoms with E-state index in [0.717, 1.165) is 44.9 Å². The van der Waals surface area contributed by atoms with Gasteiger partial charge in [0.05, 0.1) is 5.92 Å². The molecule has 0 aliphatic heterocycles. The minimum Gasteiger partial charge on any atom is -0.481 e. The molecule has 2 saturated carbocycles. The molecule has 0 aromatic rings. The number of carboxylic acids is 1. The van der Waals surface area contributed by atoms with E-state index in [1.807, 2.05) is 0 Å². The van der Waals surface area contributed by atoms with Crippen LogP contribution in [0, 0.1) is 45.3 Å². The lowest BCUT2D eigenvalue weighted by Gasteiger charge is -2.60. The maximum atomic E-state index is 12.9. The van der Waals surface area contributed by atoms with Gasteiger partial charge in [-0.05, 0) is 85.9 Å². The van der Waals surface area contributed by atoms with Crippen molar-refractivity contribution in [1.29, 1.82) is 0 Å². The fourth-order valence-corrected chi connectivity index (χ4v) is 9.40. The minimum atomic E-state index is -0.986. The number of Topliss-reactive ketones (excluding diaryl/α,β-unsaturated/α-hetero) is 2. The van der Waals surface area contributed by atoms with Gasteiger partial charge in [-0.2, -0.15) is 0 Å². The molecular weight excluding hydrogens is 436 g/mol. The average molecular weight is 483 g/mol. The van der Waals surface area contributed by atoms with Crippen molar-refractivity contribution in [3.8, 4) is 0 Å². The molecular formula is C31H46O4. The molecule has 0 heterocycles. The van der Waals surface area contributed by atoms with Gasteiger partial charge in [-0.1, -0.05) is 59.3 Å². The highest BCUT2D eigenvalue weighted by Crippen LogP contribution is 2.72. The van der Waals surface area contributed by atoms with E-state index in [0.29, 0.717) is 30.5 Å². The third kappa shape index (κ3) is 3.63. The van der Waals surface area contributed by atoms with Crippen molar-refractivity contribution < 1.29 is 19.5 Å². The summed E-state index contributed by atoms with van der Waals surface area (Å²) in [6.45, 7) is 19.3. The van der Waals surface area contributed by atoms with E-state index >= 15 is 0 Å². The summed E-state index contributed by atoms with van der Waals surface area (Å²) >= 11 is 0. The van der Waals surface area contributed by atoms with E-state index in [-0.39, 0.29) is 38.9 Å². The van der Waals surface area contributed by atoms with Gasteiger partial charge in [0, 0.05) is 23.8 Å². The van der Waals surface area contributed by atoms with Gasteiger partial charge in [-0.25, -0.2) is 0 Å². The second-order valence-corrected chi connectivity index (χ2v) is 13.7. The van der Waals surface area contributed by atoms with Gasteiger partial charge >= 0.3 is 5.97 Å². The lowest BCUT2D eigenvalue weighted by Crippen LogP contribution is -2.54. The van der Waals surface area contributed by atoms with Crippen molar-refractivity contribution in [2.45, 2.75) is 106 Å². The minimum absolute atomic E-state index is 0.0950. The van der Waals surface area contributed by atoms with Crippen LogP contribution in [0.2, 0.25) is 0 Å². The molecule has 1 unspecified atom stereocenters. The highest BCUT2D eigenvalue weighted by Gasteiger charge is 2.63. The molecule has 0 bridgehead atoms. The van der Waals surface area contributed by atoms with Crippen LogP contribution >= 0.6 is 0 Å². The Morgan fingerprint density at radius 1 is 0.971 bits per heavy atom. The largest absolute Gasteiger partial charge is 0.481 e. The van der Waals surface area contributed by atoms with Crippen molar-refractivity contribution in [1.82, 2.24) is 0 Å². The molecule has 35 heavy (non-hydrogen) atoms. The number of ketones is 2. The SMILES string of the molecule is C=C(C(=O)C[C@@H](C)[C@H]1CC[C@@]2(C)C3=C(CC[C@]12C)[C@@]1(C)CCC(=O)C(C)(C)[C@@H]1CC3)C(C)C(=O)O. The van der Waals surface area contributed by atoms with Crippen LogP contribution < -0.4 is 0 Å². The van der Waals surface area contributed by atoms with Gasteiger partial charge < -0.3 is 5.11 Å². The van der Waals surface area contributed by atoms with E-state index in [1.54, 1.807) is 18.1 Å². The number of carbonyl (C=O) groups is 3. The second kappa shape index (κ2) is 8.42. The zero-order valence-electron chi connectivity index (χ0n) is 23.1. The Labute approximate surface area is 212 Å². The van der Waals surface area contributed by atoms with Gasteiger partial charge in [0.15, 0.2) is 5.78 Å². The number of fused-ring (bicyclic) bond motifs is 4. The molecule has 0 spiro atoms. The number of rotatable bonds is 6. The highest BCUT2D eigenvalue weighted by molar-refractivity contribution is 5.99. The molecule has 4 aliphatic rings. The molecule has 4 rings (SSSR count). The average Bonchev–Trinajstić information content (AvgIpc) is 3.07. The summed E-state index contributed by atoms with van der Waals surface area (Å²) in [5.74, 6) is -0.403. The van der Waals surface area contributed by atoms with Gasteiger partial charge in [0.25, 0.3) is 0 Å². The molecule has 2 fully saturated rings. The predicted octanol–water partition coefficient (Wildman–Crippen LogP) is 7.18. The van der Waals surface area contributed by atoms with E-state index in [9.17, 15) is 19.5 Å². The number of carbonyl (C=O) groups excluding carboxylic acids is 2. The van der Waals surface area contributed by atoms with Gasteiger partial charge in [-0.15, -0.1) is 0 Å². The molecule has 194 valence electrons. The Hall–Kier alpha value is -1.71. The Morgan fingerprint density at radius 2 is 1.63 bits per heavy atom. The Balaban J connectivity index is 1.61. The number of hydrogen-bond donors (Lipinski definition) is 1. The van der Waals surface area contributed by atoms with E-state index in [2.05, 4.69) is 48.1 Å². The van der Waals surface area contributed by atoms with Crippen LogP contribution in [-0.4, -0.2) is 22.6 Å². The third-order valence-electron chi connectivity index (χ3n) is 12.0. The lowest BCUT2D eigenvalue weighted by atomic mass is 9.43. The Kier molecular flexibility index (Phi) is 6.34. The zero-order chi connectivity index (χ0) is 26.1. The summed E-state index contributed by atoms with van der Waals surface area (Å²) in [7, 11) is 0. The molecule has 0 amide bonds. The summed E-state index contributed by atoms with van der Waals surface area (Å²) in [6, 6.07) is 0. The molecule has 0 saturated heterocycles. The van der Waals surface area contributed by atoms with E-state index in [1.165, 1.54) is 0 Å². The highest BCUT2D eigenvalue weighted by atomic mass is 16.4. The van der Waals surface area contributed by atoms with E-state index in [4.69, 9.17) is 0 Å². The third-order valence-corrected chi connectivity index (χ3v) is 12.0. The molecule has 1 N–H and O–H groups in total. The Bertz CT molecular complexity index is 1000. The first-order valence-corrected chi connectivity index (χ1v) is 13.8. The monoisotopic (exact) mass is 482 g/mol. The lowest BCUT2D eigenvalue weighted by molar-refractivity contribution is -0.141. The first kappa shape index (κ1) is 26.4. The standard InChI is InChI=1S/C31H46O4/c1-18(17-24(32)19(2)20(3)27(34)35)21-11-15-31(8)23-9-10-25-28(4,5)26(33)13-14-29(25,6)22(23)12-16-30(21,31)7/h18,20-21,25H,2,9-17H2,1,3-8H3,(H,34,35)/t18-,20?,21-,25+,29-,30-,31+/m1/s1. The molecule has 7 atom stereocenters. The first-order valence-electron chi connectivity index (χ1n) is 13.8. The van der Waals surface area contributed by atoms with Gasteiger partial charge in [-0.3, -0.25) is 14.4 Å². The van der Waals surface area contributed by atoms with Crippen LogP contribution in [0.25, 0.3) is 0 Å². The second-order valence-electron chi connectivity index (χ2n) is 13.7. The van der Waals surface area contributed by atoms with Crippen LogP contribution in [0.5, 0.6) is 0 Å². The van der Waals surface area contributed by atoms with Crippen LogP contribution in [-0.2, 0) is 14.4 Å². The smallest absolute Gasteiger partial charge is 0.310 e. The van der Waals surface area contributed by atoms with Crippen molar-refractivity contribution >= 4 is 17.5 Å². The Morgan fingerprint density at radius 3 is 2.26 bits per heavy atom.